The SMILES string of the molecule is CC1CC(NCC2CCC2)CN(c2cccc(Cl)c2)C1. The van der Waals surface area contributed by atoms with Gasteiger partial charge >= 0.3 is 0 Å². The molecule has 1 aromatic rings. The molecule has 0 spiro atoms. The van der Waals surface area contributed by atoms with Crippen LogP contribution in [0.15, 0.2) is 24.3 Å². The van der Waals surface area contributed by atoms with E-state index in [9.17, 15) is 0 Å². The third-order valence-electron chi connectivity index (χ3n) is 4.75. The van der Waals surface area contributed by atoms with Crippen molar-refractivity contribution in [1.82, 2.24) is 5.32 Å². The van der Waals surface area contributed by atoms with Gasteiger partial charge in [0.15, 0.2) is 0 Å². The van der Waals surface area contributed by atoms with Gasteiger partial charge in [0.2, 0.25) is 0 Å². The minimum atomic E-state index is 0.623. The summed E-state index contributed by atoms with van der Waals surface area (Å²) < 4.78 is 0. The molecule has 0 aromatic heterocycles. The summed E-state index contributed by atoms with van der Waals surface area (Å²) in [4.78, 5) is 2.48. The van der Waals surface area contributed by atoms with E-state index in [-0.39, 0.29) is 0 Å². The van der Waals surface area contributed by atoms with Gasteiger partial charge in [0.1, 0.15) is 0 Å². The van der Waals surface area contributed by atoms with Crippen LogP contribution in [-0.2, 0) is 0 Å². The molecule has 1 heterocycles. The second-order valence-electron chi connectivity index (χ2n) is 6.63. The predicted octanol–water partition coefficient (Wildman–Crippen LogP) is 3.94. The number of anilines is 1. The van der Waals surface area contributed by atoms with Gasteiger partial charge in [0.25, 0.3) is 0 Å². The smallest absolute Gasteiger partial charge is 0.0426 e. The van der Waals surface area contributed by atoms with Crippen molar-refractivity contribution in [2.45, 2.75) is 38.6 Å². The van der Waals surface area contributed by atoms with Gasteiger partial charge in [0, 0.05) is 29.8 Å². The van der Waals surface area contributed by atoms with Crippen LogP contribution in [0.5, 0.6) is 0 Å². The van der Waals surface area contributed by atoms with Gasteiger partial charge < -0.3 is 10.2 Å². The molecule has 1 N–H and O–H groups in total. The molecule has 0 bridgehead atoms. The van der Waals surface area contributed by atoms with Gasteiger partial charge in [-0.2, -0.15) is 0 Å². The summed E-state index contributed by atoms with van der Waals surface area (Å²) in [5.41, 5.74) is 1.26. The van der Waals surface area contributed by atoms with Gasteiger partial charge in [0.05, 0.1) is 0 Å². The molecule has 1 aliphatic heterocycles. The third kappa shape index (κ3) is 3.48. The van der Waals surface area contributed by atoms with Crippen LogP contribution in [0.3, 0.4) is 0 Å². The number of hydrogen-bond donors (Lipinski definition) is 1. The van der Waals surface area contributed by atoms with E-state index in [0.29, 0.717) is 6.04 Å². The Bertz CT molecular complexity index is 444. The van der Waals surface area contributed by atoms with Crippen LogP contribution < -0.4 is 10.2 Å². The number of halogens is 1. The van der Waals surface area contributed by atoms with Crippen molar-refractivity contribution in [1.29, 1.82) is 0 Å². The summed E-state index contributed by atoms with van der Waals surface area (Å²) in [6.45, 7) is 5.81. The topological polar surface area (TPSA) is 15.3 Å². The molecule has 2 nitrogen and oxygen atoms in total. The van der Waals surface area contributed by atoms with Gasteiger partial charge in [-0.3, -0.25) is 0 Å². The molecule has 2 fully saturated rings. The Balaban J connectivity index is 1.60. The minimum absolute atomic E-state index is 0.623. The molecule has 1 aliphatic carbocycles. The zero-order valence-corrected chi connectivity index (χ0v) is 13.1. The summed E-state index contributed by atoms with van der Waals surface area (Å²) in [6, 6.07) is 8.88. The molecule has 0 radical (unpaired) electrons. The Hall–Kier alpha value is -0.730. The monoisotopic (exact) mass is 292 g/mol. The van der Waals surface area contributed by atoms with E-state index in [4.69, 9.17) is 11.6 Å². The van der Waals surface area contributed by atoms with Gasteiger partial charge in [-0.1, -0.05) is 31.0 Å². The Morgan fingerprint density at radius 3 is 2.85 bits per heavy atom. The Labute approximate surface area is 127 Å². The molecule has 110 valence electrons. The predicted molar refractivity (Wildman–Crippen MR) is 86.6 cm³/mol. The highest BCUT2D eigenvalue weighted by Crippen LogP contribution is 2.28. The lowest BCUT2D eigenvalue weighted by atomic mass is 9.85. The summed E-state index contributed by atoms with van der Waals surface area (Å²) in [5.74, 6) is 1.67. The third-order valence-corrected chi connectivity index (χ3v) is 4.99. The Kier molecular flexibility index (Phi) is 4.52. The van der Waals surface area contributed by atoms with Crippen molar-refractivity contribution < 1.29 is 0 Å². The summed E-state index contributed by atoms with van der Waals surface area (Å²) in [5, 5.41) is 4.63. The van der Waals surface area contributed by atoms with E-state index >= 15 is 0 Å². The first kappa shape index (κ1) is 14.2. The summed E-state index contributed by atoms with van der Waals surface area (Å²) >= 11 is 6.12. The maximum Gasteiger partial charge on any atom is 0.0426 e. The first-order chi connectivity index (χ1) is 9.70. The molecule has 1 saturated heterocycles. The lowest BCUT2D eigenvalue weighted by molar-refractivity contribution is 0.268. The van der Waals surface area contributed by atoms with Gasteiger partial charge in [-0.05, 0) is 55.8 Å². The molecule has 2 atom stereocenters. The maximum atomic E-state index is 6.12. The second kappa shape index (κ2) is 6.36. The van der Waals surface area contributed by atoms with Crippen LogP contribution in [0.2, 0.25) is 5.02 Å². The molecule has 3 rings (SSSR count). The average Bonchev–Trinajstić information content (AvgIpc) is 2.36. The number of hydrogen-bond acceptors (Lipinski definition) is 2. The Morgan fingerprint density at radius 2 is 2.15 bits per heavy atom. The average molecular weight is 293 g/mol. The number of rotatable bonds is 4. The van der Waals surface area contributed by atoms with Crippen molar-refractivity contribution in [3.05, 3.63) is 29.3 Å². The fourth-order valence-corrected chi connectivity index (χ4v) is 3.60. The van der Waals surface area contributed by atoms with E-state index in [2.05, 4.69) is 29.3 Å². The van der Waals surface area contributed by atoms with Gasteiger partial charge in [-0.15, -0.1) is 0 Å². The zero-order chi connectivity index (χ0) is 13.9. The van der Waals surface area contributed by atoms with E-state index in [1.54, 1.807) is 0 Å². The summed E-state index contributed by atoms with van der Waals surface area (Å²) in [7, 11) is 0. The normalized spacial score (nSPS) is 27.4. The molecular weight excluding hydrogens is 268 g/mol. The van der Waals surface area contributed by atoms with Crippen molar-refractivity contribution in [3.63, 3.8) is 0 Å². The fraction of sp³-hybridized carbons (Fsp3) is 0.647. The van der Waals surface area contributed by atoms with Crippen molar-refractivity contribution >= 4 is 17.3 Å². The summed E-state index contributed by atoms with van der Waals surface area (Å²) in [6.07, 6.45) is 5.58. The van der Waals surface area contributed by atoms with Crippen LogP contribution in [0.1, 0.15) is 32.6 Å². The highest BCUT2D eigenvalue weighted by molar-refractivity contribution is 6.30. The van der Waals surface area contributed by atoms with Crippen LogP contribution in [0.4, 0.5) is 5.69 Å². The maximum absolute atomic E-state index is 6.12. The van der Waals surface area contributed by atoms with E-state index in [1.165, 1.54) is 37.9 Å². The standard InChI is InChI=1S/C17H25ClN2/c1-13-8-16(19-10-14-4-2-5-14)12-20(11-13)17-7-3-6-15(18)9-17/h3,6-7,9,13-14,16,19H,2,4-5,8,10-12H2,1H3. The highest BCUT2D eigenvalue weighted by atomic mass is 35.5. The first-order valence-corrected chi connectivity index (χ1v) is 8.32. The van der Waals surface area contributed by atoms with Crippen LogP contribution in [-0.4, -0.2) is 25.7 Å². The molecule has 2 unspecified atom stereocenters. The second-order valence-corrected chi connectivity index (χ2v) is 7.06. The number of piperidine rings is 1. The fourth-order valence-electron chi connectivity index (χ4n) is 3.41. The van der Waals surface area contributed by atoms with E-state index < -0.39 is 0 Å². The first-order valence-electron chi connectivity index (χ1n) is 7.94. The molecule has 0 amide bonds. The van der Waals surface area contributed by atoms with Crippen LogP contribution >= 0.6 is 11.6 Å². The van der Waals surface area contributed by atoms with Crippen molar-refractivity contribution in [2.24, 2.45) is 11.8 Å². The molecular formula is C17H25ClN2. The number of nitrogens with zero attached hydrogens (tertiary/aromatic N) is 1. The molecule has 3 heteroatoms. The molecule has 20 heavy (non-hydrogen) atoms. The van der Waals surface area contributed by atoms with Gasteiger partial charge in [-0.25, -0.2) is 0 Å². The largest absolute Gasteiger partial charge is 0.370 e. The van der Waals surface area contributed by atoms with Crippen LogP contribution in [0, 0.1) is 11.8 Å². The zero-order valence-electron chi connectivity index (χ0n) is 12.3. The van der Waals surface area contributed by atoms with E-state index in [0.717, 1.165) is 29.9 Å². The van der Waals surface area contributed by atoms with Crippen molar-refractivity contribution in [3.8, 4) is 0 Å². The highest BCUT2D eigenvalue weighted by Gasteiger charge is 2.26. The van der Waals surface area contributed by atoms with E-state index in [1.807, 2.05) is 12.1 Å². The van der Waals surface area contributed by atoms with Crippen LogP contribution in [0.25, 0.3) is 0 Å². The van der Waals surface area contributed by atoms with Crippen molar-refractivity contribution in [2.75, 3.05) is 24.5 Å². The minimum Gasteiger partial charge on any atom is -0.370 e. The lowest BCUT2D eigenvalue weighted by Gasteiger charge is -2.39. The molecule has 1 saturated carbocycles. The lowest BCUT2D eigenvalue weighted by Crippen LogP contribution is -2.50. The quantitative estimate of drug-likeness (QED) is 0.904. The number of benzene rings is 1. The molecule has 2 aliphatic rings. The molecule has 1 aromatic carbocycles. The number of nitrogens with one attached hydrogen (secondary N) is 1. The Morgan fingerprint density at radius 1 is 1.30 bits per heavy atom.